The Bertz CT molecular complexity index is 488. The minimum atomic E-state index is -3.85. The molecule has 5 heteroatoms. The predicted molar refractivity (Wildman–Crippen MR) is 64.2 cm³/mol. The van der Waals surface area contributed by atoms with Gasteiger partial charge in [0.25, 0.3) is 10.1 Å². The molecule has 0 saturated carbocycles. The molecule has 1 unspecified atom stereocenters. The number of benzene rings is 1. The van der Waals surface area contributed by atoms with Gasteiger partial charge in [0.2, 0.25) is 0 Å². The molecule has 0 aliphatic carbocycles. The van der Waals surface area contributed by atoms with Crippen LogP contribution in [0.2, 0.25) is 0 Å². The first-order chi connectivity index (χ1) is 7.86. The Labute approximate surface area is 102 Å². The second-order valence-corrected chi connectivity index (χ2v) is 5.44. The molecule has 1 rings (SSSR count). The number of rotatable bonds is 5. The molecule has 1 aromatic carbocycles. The molecule has 0 bridgehead atoms. The van der Waals surface area contributed by atoms with Crippen molar-refractivity contribution in [3.8, 4) is 0 Å². The highest BCUT2D eigenvalue weighted by Gasteiger charge is 2.23. The lowest BCUT2D eigenvalue weighted by molar-refractivity contribution is -0.123. The highest BCUT2D eigenvalue weighted by atomic mass is 32.2. The van der Waals surface area contributed by atoms with Crippen LogP contribution in [0.4, 0.5) is 0 Å². The third kappa shape index (κ3) is 3.64. The molecular weight excluding hydrogens is 240 g/mol. The van der Waals surface area contributed by atoms with Crippen LogP contribution in [-0.2, 0) is 19.1 Å². The highest BCUT2D eigenvalue weighted by molar-refractivity contribution is 7.86. The van der Waals surface area contributed by atoms with E-state index >= 15 is 0 Å². The summed E-state index contributed by atoms with van der Waals surface area (Å²) in [4.78, 5) is 11.2. The Kier molecular flexibility index (Phi) is 4.42. The average Bonchev–Trinajstić information content (AvgIpc) is 2.26. The van der Waals surface area contributed by atoms with Crippen LogP contribution in [0.1, 0.15) is 25.8 Å². The Morgan fingerprint density at radius 1 is 1.29 bits per heavy atom. The minimum Gasteiger partial charge on any atom is -0.297 e. The van der Waals surface area contributed by atoms with Gasteiger partial charge in [0.1, 0.15) is 6.10 Å². The van der Waals surface area contributed by atoms with Crippen LogP contribution < -0.4 is 0 Å². The molecule has 0 amide bonds. The summed E-state index contributed by atoms with van der Waals surface area (Å²) in [7, 11) is -3.85. The van der Waals surface area contributed by atoms with E-state index in [1.165, 1.54) is 19.1 Å². The molecule has 0 N–H and O–H groups in total. The van der Waals surface area contributed by atoms with Crippen LogP contribution in [-0.4, -0.2) is 20.3 Å². The van der Waals surface area contributed by atoms with E-state index in [0.717, 1.165) is 5.56 Å². The highest BCUT2D eigenvalue weighted by Crippen LogP contribution is 2.16. The first-order valence-electron chi connectivity index (χ1n) is 5.37. The lowest BCUT2D eigenvalue weighted by Crippen LogP contribution is -2.24. The van der Waals surface area contributed by atoms with Gasteiger partial charge >= 0.3 is 0 Å². The number of ketones is 1. The fraction of sp³-hybridized carbons (Fsp3) is 0.417. The Hall–Kier alpha value is -1.20. The number of Topliss-reactive ketones (excluding diaryl/α,β-unsaturated/α-hetero) is 1. The number of hydrogen-bond acceptors (Lipinski definition) is 4. The number of hydrogen-bond donors (Lipinski definition) is 0. The Morgan fingerprint density at radius 2 is 1.82 bits per heavy atom. The van der Waals surface area contributed by atoms with Crippen molar-refractivity contribution in [2.24, 2.45) is 0 Å². The number of aryl methyl sites for hydroxylation is 1. The van der Waals surface area contributed by atoms with Crippen molar-refractivity contribution in [1.82, 2.24) is 0 Å². The van der Waals surface area contributed by atoms with Crippen LogP contribution in [0, 0.1) is 6.92 Å². The van der Waals surface area contributed by atoms with Crippen LogP contribution >= 0.6 is 0 Å². The van der Waals surface area contributed by atoms with Gasteiger partial charge in [-0.3, -0.25) is 8.98 Å². The van der Waals surface area contributed by atoms with Crippen LogP contribution in [0.15, 0.2) is 29.2 Å². The average molecular weight is 256 g/mol. The van der Waals surface area contributed by atoms with Gasteiger partial charge in [-0.15, -0.1) is 0 Å². The van der Waals surface area contributed by atoms with Crippen LogP contribution in [0.5, 0.6) is 0 Å². The zero-order valence-electron chi connectivity index (χ0n) is 10.1. The summed E-state index contributed by atoms with van der Waals surface area (Å²) in [6.45, 7) is 4.89. The zero-order valence-corrected chi connectivity index (χ0v) is 11.0. The van der Waals surface area contributed by atoms with Gasteiger partial charge in [0.15, 0.2) is 5.78 Å². The zero-order chi connectivity index (χ0) is 13.1. The standard InChI is InChI=1S/C12H16O4S/c1-4-12(10(3)13)16-17(14,15)11-7-5-9(2)6-8-11/h5-8,12H,4H2,1-3H3. The van der Waals surface area contributed by atoms with Crippen molar-refractivity contribution in [3.63, 3.8) is 0 Å². The number of carbonyl (C=O) groups is 1. The van der Waals surface area contributed by atoms with E-state index in [4.69, 9.17) is 4.18 Å². The SMILES string of the molecule is CCC(OS(=O)(=O)c1ccc(C)cc1)C(C)=O. The fourth-order valence-electron chi connectivity index (χ4n) is 1.34. The van der Waals surface area contributed by atoms with Crippen molar-refractivity contribution in [2.45, 2.75) is 38.2 Å². The molecule has 0 heterocycles. The fourth-order valence-corrected chi connectivity index (χ4v) is 2.49. The maximum Gasteiger partial charge on any atom is 0.297 e. The van der Waals surface area contributed by atoms with Crippen molar-refractivity contribution in [2.75, 3.05) is 0 Å². The van der Waals surface area contributed by atoms with E-state index in [2.05, 4.69) is 0 Å². The molecule has 4 nitrogen and oxygen atoms in total. The van der Waals surface area contributed by atoms with Crippen molar-refractivity contribution in [1.29, 1.82) is 0 Å². The van der Waals surface area contributed by atoms with Crippen LogP contribution in [0.25, 0.3) is 0 Å². The number of carbonyl (C=O) groups excluding carboxylic acids is 1. The first kappa shape index (κ1) is 13.9. The molecule has 1 atom stereocenters. The molecule has 0 aliphatic rings. The maximum absolute atomic E-state index is 11.8. The predicted octanol–water partition coefficient (Wildman–Crippen LogP) is 2.07. The van der Waals surface area contributed by atoms with Crippen molar-refractivity contribution >= 4 is 15.9 Å². The molecule has 0 aliphatic heterocycles. The van der Waals surface area contributed by atoms with Crippen LogP contribution in [0.3, 0.4) is 0 Å². The monoisotopic (exact) mass is 256 g/mol. The van der Waals surface area contributed by atoms with Gasteiger partial charge < -0.3 is 0 Å². The molecule has 1 aromatic rings. The topological polar surface area (TPSA) is 60.4 Å². The Balaban J connectivity index is 2.96. The van der Waals surface area contributed by atoms with Crippen molar-refractivity contribution < 1.29 is 17.4 Å². The smallest absolute Gasteiger partial charge is 0.297 e. The van der Waals surface area contributed by atoms with E-state index in [9.17, 15) is 13.2 Å². The quantitative estimate of drug-likeness (QED) is 0.757. The summed E-state index contributed by atoms with van der Waals surface area (Å²) in [5, 5.41) is 0. The van der Waals surface area contributed by atoms with E-state index < -0.39 is 16.2 Å². The lowest BCUT2D eigenvalue weighted by atomic mass is 10.2. The molecule has 0 aromatic heterocycles. The summed E-state index contributed by atoms with van der Waals surface area (Å²) in [5.74, 6) is -0.289. The molecule has 94 valence electrons. The minimum absolute atomic E-state index is 0.0720. The van der Waals surface area contributed by atoms with Gasteiger partial charge in [-0.25, -0.2) is 0 Å². The van der Waals surface area contributed by atoms with Crippen molar-refractivity contribution in [3.05, 3.63) is 29.8 Å². The summed E-state index contributed by atoms with van der Waals surface area (Å²) < 4.78 is 28.6. The summed E-state index contributed by atoms with van der Waals surface area (Å²) >= 11 is 0. The van der Waals surface area contributed by atoms with Gasteiger partial charge in [-0.2, -0.15) is 8.42 Å². The van der Waals surface area contributed by atoms with Gasteiger partial charge in [-0.1, -0.05) is 24.6 Å². The molecule has 0 fully saturated rings. The largest absolute Gasteiger partial charge is 0.297 e. The second kappa shape index (κ2) is 5.42. The lowest BCUT2D eigenvalue weighted by Gasteiger charge is -2.12. The summed E-state index contributed by atoms with van der Waals surface area (Å²) in [6.07, 6.45) is -0.568. The van der Waals surface area contributed by atoms with Gasteiger partial charge in [0.05, 0.1) is 4.90 Å². The first-order valence-corrected chi connectivity index (χ1v) is 6.78. The van der Waals surface area contributed by atoms with E-state index in [0.29, 0.717) is 6.42 Å². The summed E-state index contributed by atoms with van der Waals surface area (Å²) in [5.41, 5.74) is 0.961. The normalized spacial score (nSPS) is 13.4. The second-order valence-electron chi connectivity index (χ2n) is 3.87. The molecule has 0 saturated heterocycles. The van der Waals surface area contributed by atoms with Gasteiger partial charge in [-0.05, 0) is 32.4 Å². The van der Waals surface area contributed by atoms with E-state index in [-0.39, 0.29) is 10.7 Å². The Morgan fingerprint density at radius 3 is 2.24 bits per heavy atom. The van der Waals surface area contributed by atoms with Gasteiger partial charge in [0, 0.05) is 0 Å². The van der Waals surface area contributed by atoms with E-state index in [1.54, 1.807) is 19.1 Å². The molecule has 17 heavy (non-hydrogen) atoms. The third-order valence-electron chi connectivity index (χ3n) is 2.38. The summed E-state index contributed by atoms with van der Waals surface area (Å²) in [6, 6.07) is 6.31. The maximum atomic E-state index is 11.8. The van der Waals surface area contributed by atoms with E-state index in [1.807, 2.05) is 6.92 Å². The molecule has 0 radical (unpaired) electrons. The third-order valence-corrected chi connectivity index (χ3v) is 3.71. The molecular formula is C12H16O4S. The molecule has 0 spiro atoms.